The van der Waals surface area contributed by atoms with Gasteiger partial charge in [-0.05, 0) is 19.8 Å². The lowest BCUT2D eigenvalue weighted by Crippen LogP contribution is -2.46. The number of amides is 1. The molecule has 1 rings (SSSR count). The zero-order valence-electron chi connectivity index (χ0n) is 11.1. The van der Waals surface area contributed by atoms with E-state index in [0.29, 0.717) is 0 Å². The van der Waals surface area contributed by atoms with Crippen molar-refractivity contribution >= 4 is 5.91 Å². The van der Waals surface area contributed by atoms with Gasteiger partial charge in [0.2, 0.25) is 5.91 Å². The maximum atomic E-state index is 11.8. The van der Waals surface area contributed by atoms with Crippen molar-refractivity contribution in [2.45, 2.75) is 50.9 Å². The van der Waals surface area contributed by atoms with Crippen molar-refractivity contribution in [1.29, 1.82) is 0 Å². The number of alkyl halides is 3. The number of carbonyl (C=O) groups is 1. The maximum absolute atomic E-state index is 11.8. The highest BCUT2D eigenvalue weighted by Gasteiger charge is 2.27. The minimum atomic E-state index is -4.30. The molecule has 1 aliphatic rings. The van der Waals surface area contributed by atoms with Crippen LogP contribution in [0.1, 0.15) is 32.6 Å². The van der Waals surface area contributed by atoms with E-state index in [4.69, 9.17) is 0 Å². The van der Waals surface area contributed by atoms with Crippen molar-refractivity contribution in [3.63, 3.8) is 0 Å². The molecule has 0 spiro atoms. The average molecular weight is 282 g/mol. The highest BCUT2D eigenvalue weighted by molar-refractivity contribution is 5.81. The molecule has 112 valence electrons. The van der Waals surface area contributed by atoms with E-state index in [1.807, 2.05) is 0 Å². The number of nitrogens with one attached hydrogen (secondary N) is 2. The van der Waals surface area contributed by atoms with Gasteiger partial charge in [-0.25, -0.2) is 0 Å². The first-order valence-electron chi connectivity index (χ1n) is 6.57. The molecule has 0 aromatic rings. The van der Waals surface area contributed by atoms with E-state index in [9.17, 15) is 18.0 Å². The molecule has 4 nitrogen and oxygen atoms in total. The van der Waals surface area contributed by atoms with Crippen LogP contribution in [0.5, 0.6) is 0 Å². The van der Waals surface area contributed by atoms with Gasteiger partial charge in [-0.15, -0.1) is 0 Å². The zero-order valence-corrected chi connectivity index (χ0v) is 11.1. The molecule has 0 heterocycles. The molecule has 7 heteroatoms. The lowest BCUT2D eigenvalue weighted by molar-refractivity contribution is -0.173. The minimum absolute atomic E-state index is 0.0689. The van der Waals surface area contributed by atoms with Gasteiger partial charge in [0, 0.05) is 12.6 Å². The maximum Gasteiger partial charge on any atom is 0.411 e. The molecule has 2 N–H and O–H groups in total. The van der Waals surface area contributed by atoms with E-state index >= 15 is 0 Å². The van der Waals surface area contributed by atoms with Gasteiger partial charge >= 0.3 is 6.18 Å². The zero-order chi connectivity index (χ0) is 14.3. The molecule has 1 aliphatic carbocycles. The van der Waals surface area contributed by atoms with Crippen LogP contribution in [-0.4, -0.2) is 43.9 Å². The second-order valence-electron chi connectivity index (χ2n) is 4.83. The van der Waals surface area contributed by atoms with Crippen LogP contribution < -0.4 is 10.6 Å². The highest BCUT2D eigenvalue weighted by Crippen LogP contribution is 2.17. The molecule has 0 aromatic carbocycles. The number of halogens is 3. The van der Waals surface area contributed by atoms with Gasteiger partial charge in [-0.1, -0.05) is 12.8 Å². The summed E-state index contributed by atoms with van der Waals surface area (Å²) in [5.74, 6) is -0.109. The first-order chi connectivity index (χ1) is 8.88. The fourth-order valence-corrected chi connectivity index (χ4v) is 2.02. The normalized spacial score (nSPS) is 18.5. The fourth-order valence-electron chi connectivity index (χ4n) is 2.02. The first-order valence-corrected chi connectivity index (χ1v) is 6.57. The molecule has 1 unspecified atom stereocenters. The highest BCUT2D eigenvalue weighted by atomic mass is 19.4. The number of rotatable bonds is 7. The van der Waals surface area contributed by atoms with E-state index in [1.54, 1.807) is 6.92 Å². The summed E-state index contributed by atoms with van der Waals surface area (Å²) in [4.78, 5) is 11.7. The van der Waals surface area contributed by atoms with Crippen molar-refractivity contribution in [1.82, 2.24) is 10.6 Å². The van der Waals surface area contributed by atoms with Crippen LogP contribution in [0.3, 0.4) is 0 Å². The Hall–Kier alpha value is -0.820. The monoisotopic (exact) mass is 282 g/mol. The smallest absolute Gasteiger partial charge is 0.371 e. The van der Waals surface area contributed by atoms with Crippen molar-refractivity contribution in [3.8, 4) is 0 Å². The van der Waals surface area contributed by atoms with Gasteiger partial charge in [-0.3, -0.25) is 4.79 Å². The first kappa shape index (κ1) is 16.2. The molecule has 0 aromatic heterocycles. The van der Waals surface area contributed by atoms with Crippen LogP contribution in [0, 0.1) is 0 Å². The summed E-state index contributed by atoms with van der Waals surface area (Å²) < 4.78 is 39.8. The quantitative estimate of drug-likeness (QED) is 0.697. The lowest BCUT2D eigenvalue weighted by atomic mass is 10.2. The third-order valence-corrected chi connectivity index (χ3v) is 3.06. The van der Waals surface area contributed by atoms with Crippen LogP contribution in [-0.2, 0) is 9.53 Å². The number of carbonyl (C=O) groups excluding carboxylic acids is 1. The molecular formula is C12H21F3N2O2. The van der Waals surface area contributed by atoms with Crippen molar-refractivity contribution in [3.05, 3.63) is 0 Å². The summed E-state index contributed by atoms with van der Waals surface area (Å²) in [6, 6.07) is -0.173. The molecule has 1 atom stereocenters. The Morgan fingerprint density at radius 2 is 2.00 bits per heavy atom. The van der Waals surface area contributed by atoms with Gasteiger partial charge in [-0.2, -0.15) is 13.2 Å². The predicted molar refractivity (Wildman–Crippen MR) is 64.7 cm³/mol. The van der Waals surface area contributed by atoms with Crippen molar-refractivity contribution < 1.29 is 22.7 Å². The Labute approximate surface area is 111 Å². The summed E-state index contributed by atoms with van der Waals surface area (Å²) >= 11 is 0. The Morgan fingerprint density at radius 1 is 1.37 bits per heavy atom. The van der Waals surface area contributed by atoms with E-state index in [-0.39, 0.29) is 25.1 Å². The minimum Gasteiger partial charge on any atom is -0.371 e. The second kappa shape index (κ2) is 7.69. The SMILES string of the molecule is CC(NCCOCC(F)(F)F)C(=O)NC1CCCC1. The summed E-state index contributed by atoms with van der Waals surface area (Å²) in [6.07, 6.45) is -0.0121. The van der Waals surface area contributed by atoms with Crippen LogP contribution in [0.4, 0.5) is 13.2 Å². The molecule has 1 fully saturated rings. The standard InChI is InChI=1S/C12H21F3N2O2/c1-9(11(18)17-10-4-2-3-5-10)16-6-7-19-8-12(13,14)15/h9-10,16H,2-8H2,1H3,(H,17,18). The van der Waals surface area contributed by atoms with E-state index in [1.165, 1.54) is 0 Å². The van der Waals surface area contributed by atoms with Crippen LogP contribution in [0.25, 0.3) is 0 Å². The van der Waals surface area contributed by atoms with Crippen LogP contribution in [0.15, 0.2) is 0 Å². The number of hydrogen-bond donors (Lipinski definition) is 2. The Bertz CT molecular complexity index is 279. The molecule has 0 saturated heterocycles. The summed E-state index contributed by atoms with van der Waals surface area (Å²) in [5.41, 5.74) is 0. The Kier molecular flexibility index (Phi) is 6.57. The molecule has 0 bridgehead atoms. The lowest BCUT2D eigenvalue weighted by Gasteiger charge is -2.17. The van der Waals surface area contributed by atoms with Gasteiger partial charge in [0.1, 0.15) is 6.61 Å². The molecule has 1 amide bonds. The molecule has 0 aliphatic heterocycles. The Morgan fingerprint density at radius 3 is 2.58 bits per heavy atom. The molecule has 1 saturated carbocycles. The van der Waals surface area contributed by atoms with E-state index in [0.717, 1.165) is 25.7 Å². The third-order valence-electron chi connectivity index (χ3n) is 3.06. The molecular weight excluding hydrogens is 261 g/mol. The van der Waals surface area contributed by atoms with E-state index < -0.39 is 18.8 Å². The average Bonchev–Trinajstić information content (AvgIpc) is 2.79. The predicted octanol–water partition coefficient (Wildman–Crippen LogP) is 1.60. The summed E-state index contributed by atoms with van der Waals surface area (Å²) in [5, 5.41) is 5.76. The number of hydrogen-bond acceptors (Lipinski definition) is 3. The Balaban J connectivity index is 2.06. The fraction of sp³-hybridized carbons (Fsp3) is 0.917. The van der Waals surface area contributed by atoms with Gasteiger partial charge < -0.3 is 15.4 Å². The van der Waals surface area contributed by atoms with Crippen molar-refractivity contribution in [2.75, 3.05) is 19.8 Å². The van der Waals surface area contributed by atoms with Gasteiger partial charge in [0.05, 0.1) is 12.6 Å². The molecule has 19 heavy (non-hydrogen) atoms. The van der Waals surface area contributed by atoms with Crippen LogP contribution >= 0.6 is 0 Å². The van der Waals surface area contributed by atoms with E-state index in [2.05, 4.69) is 15.4 Å². The van der Waals surface area contributed by atoms with Crippen molar-refractivity contribution in [2.24, 2.45) is 0 Å². The van der Waals surface area contributed by atoms with Gasteiger partial charge in [0.25, 0.3) is 0 Å². The van der Waals surface area contributed by atoms with Gasteiger partial charge in [0.15, 0.2) is 0 Å². The largest absolute Gasteiger partial charge is 0.411 e. The summed E-state index contributed by atoms with van der Waals surface area (Å²) in [7, 11) is 0. The second-order valence-corrected chi connectivity index (χ2v) is 4.83. The topological polar surface area (TPSA) is 50.4 Å². The summed E-state index contributed by atoms with van der Waals surface area (Å²) in [6.45, 7) is 0.585. The van der Waals surface area contributed by atoms with Crippen LogP contribution in [0.2, 0.25) is 0 Å². The third kappa shape index (κ3) is 7.37. The molecule has 0 radical (unpaired) electrons. The number of ether oxygens (including phenoxy) is 1.